The topological polar surface area (TPSA) is 121 Å². The summed E-state index contributed by atoms with van der Waals surface area (Å²) in [6.45, 7) is 3.10. The zero-order valence-corrected chi connectivity index (χ0v) is 21.8. The molecule has 2 aromatic carbocycles. The van der Waals surface area contributed by atoms with Crippen molar-refractivity contribution in [3.63, 3.8) is 0 Å². The van der Waals surface area contributed by atoms with Crippen molar-refractivity contribution in [2.75, 3.05) is 51.9 Å². The van der Waals surface area contributed by atoms with Crippen LogP contribution in [0.1, 0.15) is 17.0 Å². The lowest BCUT2D eigenvalue weighted by Gasteiger charge is -2.21. The van der Waals surface area contributed by atoms with Crippen LogP contribution >= 0.6 is 0 Å². The number of hydrogen-bond acceptors (Lipinski definition) is 7. The number of carbonyl (C=O) groups excluding carboxylic acids is 1. The van der Waals surface area contributed by atoms with Crippen LogP contribution in [-0.2, 0) is 4.74 Å². The van der Waals surface area contributed by atoms with Crippen molar-refractivity contribution in [3.05, 3.63) is 71.3 Å². The van der Waals surface area contributed by atoms with E-state index in [2.05, 4.69) is 20.6 Å². The number of aliphatic hydroxyl groups is 2. The van der Waals surface area contributed by atoms with E-state index >= 15 is 0 Å². The summed E-state index contributed by atoms with van der Waals surface area (Å²) in [4.78, 5) is 15.4. The number of urea groups is 1. The summed E-state index contributed by atoms with van der Waals surface area (Å²) in [6, 6.07) is 11.5. The van der Waals surface area contributed by atoms with Gasteiger partial charge in [0.1, 0.15) is 30.2 Å². The monoisotopic (exact) mass is 545 g/mol. The molecule has 2 heterocycles. The number of aromatic nitrogens is 2. The highest BCUT2D eigenvalue weighted by molar-refractivity contribution is 5.90. The molecule has 1 aliphatic heterocycles. The van der Waals surface area contributed by atoms with Crippen LogP contribution in [-0.4, -0.2) is 89.6 Å². The number of ether oxygens (including phenoxy) is 2. The van der Waals surface area contributed by atoms with Crippen LogP contribution in [0.25, 0.3) is 5.69 Å². The number of amides is 2. The SMILES string of the molecule is COCCN1C[C@@H](NC(=O)Nc2c(C)c(OC[C@H](O)CO)nn2-c2ccccc2)[C@H](c2cc(F)cc(F)c2)C1. The Balaban J connectivity index is 1.57. The summed E-state index contributed by atoms with van der Waals surface area (Å²) in [7, 11) is 1.60. The van der Waals surface area contributed by atoms with Crippen molar-refractivity contribution in [1.29, 1.82) is 0 Å². The molecular formula is C27H33F2N5O5. The molecule has 1 aliphatic rings. The fourth-order valence-electron chi connectivity index (χ4n) is 4.62. The number of hydrogen-bond donors (Lipinski definition) is 4. The zero-order chi connectivity index (χ0) is 27.9. The fourth-order valence-corrected chi connectivity index (χ4v) is 4.62. The van der Waals surface area contributed by atoms with Gasteiger partial charge in [0.05, 0.1) is 30.5 Å². The zero-order valence-electron chi connectivity index (χ0n) is 21.8. The van der Waals surface area contributed by atoms with Crippen molar-refractivity contribution >= 4 is 11.8 Å². The molecule has 0 bridgehead atoms. The number of halogens is 2. The van der Waals surface area contributed by atoms with Gasteiger partial charge in [0, 0.05) is 38.7 Å². The van der Waals surface area contributed by atoms with Gasteiger partial charge in [0.15, 0.2) is 0 Å². The molecule has 12 heteroatoms. The molecule has 0 spiro atoms. The lowest BCUT2D eigenvalue weighted by molar-refractivity contribution is 0.0518. The lowest BCUT2D eigenvalue weighted by Crippen LogP contribution is -2.42. The van der Waals surface area contributed by atoms with Gasteiger partial charge in [-0.3, -0.25) is 10.2 Å². The molecule has 1 fully saturated rings. The van der Waals surface area contributed by atoms with E-state index in [0.717, 1.165) is 6.07 Å². The number of para-hydroxylation sites is 1. The van der Waals surface area contributed by atoms with Crippen LogP contribution in [0.2, 0.25) is 0 Å². The second-order valence-electron chi connectivity index (χ2n) is 9.44. The summed E-state index contributed by atoms with van der Waals surface area (Å²) < 4.78 is 40.3. The van der Waals surface area contributed by atoms with E-state index < -0.39 is 36.4 Å². The maximum Gasteiger partial charge on any atom is 0.320 e. The van der Waals surface area contributed by atoms with Gasteiger partial charge >= 0.3 is 6.03 Å². The molecule has 0 radical (unpaired) electrons. The standard InChI is InChI=1S/C27H33F2N5O5/c1-17-25(34(21-6-4-3-5-7-21)32-26(17)39-16-22(36)15-35)31-27(37)30-24-14-33(8-9-38-2)13-23(24)18-10-19(28)12-20(29)11-18/h3-7,10-12,22-24,35-36H,8-9,13-16H2,1-2H3,(H2,30,31,37)/t22-,23+,24-/m1/s1. The Morgan fingerprint density at radius 2 is 1.90 bits per heavy atom. The molecule has 39 heavy (non-hydrogen) atoms. The van der Waals surface area contributed by atoms with Crippen molar-refractivity contribution in [2.24, 2.45) is 0 Å². The number of likely N-dealkylation sites (tertiary alicyclic amines) is 1. The molecule has 10 nitrogen and oxygen atoms in total. The molecular weight excluding hydrogens is 512 g/mol. The smallest absolute Gasteiger partial charge is 0.320 e. The maximum atomic E-state index is 14.0. The molecule has 0 unspecified atom stereocenters. The number of nitrogens with one attached hydrogen (secondary N) is 2. The van der Waals surface area contributed by atoms with Crippen LogP contribution < -0.4 is 15.4 Å². The van der Waals surface area contributed by atoms with Gasteiger partial charge in [-0.1, -0.05) is 18.2 Å². The Morgan fingerprint density at radius 1 is 1.18 bits per heavy atom. The minimum atomic E-state index is -1.08. The van der Waals surface area contributed by atoms with E-state index in [1.54, 1.807) is 26.2 Å². The van der Waals surface area contributed by atoms with Gasteiger partial charge in [0.25, 0.3) is 0 Å². The third-order valence-corrected chi connectivity index (χ3v) is 6.57. The Kier molecular flexibility index (Phi) is 9.46. The fraction of sp³-hybridized carbons (Fsp3) is 0.407. The third kappa shape index (κ3) is 7.09. The molecule has 1 saturated heterocycles. The van der Waals surface area contributed by atoms with Crippen molar-refractivity contribution in [3.8, 4) is 11.6 Å². The third-order valence-electron chi connectivity index (χ3n) is 6.57. The van der Waals surface area contributed by atoms with Gasteiger partial charge in [0.2, 0.25) is 5.88 Å². The number of benzene rings is 2. The first-order valence-corrected chi connectivity index (χ1v) is 12.6. The molecule has 3 atom stereocenters. The average molecular weight is 546 g/mol. The Labute approximate surface area is 225 Å². The van der Waals surface area contributed by atoms with E-state index in [0.29, 0.717) is 48.9 Å². The normalized spacial score (nSPS) is 18.2. The van der Waals surface area contributed by atoms with Crippen LogP contribution in [0.4, 0.5) is 19.4 Å². The van der Waals surface area contributed by atoms with E-state index in [1.807, 2.05) is 18.2 Å². The molecule has 1 aromatic heterocycles. The van der Waals surface area contributed by atoms with Gasteiger partial charge in [-0.15, -0.1) is 5.10 Å². The van der Waals surface area contributed by atoms with Crippen LogP contribution in [0.5, 0.6) is 5.88 Å². The number of aliphatic hydroxyl groups excluding tert-OH is 2. The quantitative estimate of drug-likeness (QED) is 0.292. The molecule has 0 aliphatic carbocycles. The van der Waals surface area contributed by atoms with Gasteiger partial charge in [-0.25, -0.2) is 18.3 Å². The van der Waals surface area contributed by atoms with Gasteiger partial charge in [-0.05, 0) is 36.8 Å². The van der Waals surface area contributed by atoms with E-state index in [4.69, 9.17) is 14.6 Å². The number of anilines is 1. The van der Waals surface area contributed by atoms with Crippen molar-refractivity contribution in [1.82, 2.24) is 20.0 Å². The lowest BCUT2D eigenvalue weighted by atomic mass is 9.94. The van der Waals surface area contributed by atoms with Gasteiger partial charge < -0.3 is 25.0 Å². The van der Waals surface area contributed by atoms with Gasteiger partial charge in [-0.2, -0.15) is 0 Å². The molecule has 4 rings (SSSR count). The molecule has 2 amide bonds. The molecule has 3 aromatic rings. The largest absolute Gasteiger partial charge is 0.474 e. The summed E-state index contributed by atoms with van der Waals surface area (Å²) >= 11 is 0. The summed E-state index contributed by atoms with van der Waals surface area (Å²) in [5, 5.41) is 29.1. The first kappa shape index (κ1) is 28.4. The number of carbonyl (C=O) groups is 1. The second kappa shape index (κ2) is 13.0. The predicted octanol–water partition coefficient (Wildman–Crippen LogP) is 2.43. The summed E-state index contributed by atoms with van der Waals surface area (Å²) in [6.07, 6.45) is -1.08. The predicted molar refractivity (Wildman–Crippen MR) is 140 cm³/mol. The first-order valence-electron chi connectivity index (χ1n) is 12.6. The van der Waals surface area contributed by atoms with E-state index in [1.165, 1.54) is 16.8 Å². The highest BCUT2D eigenvalue weighted by atomic mass is 19.1. The maximum absolute atomic E-state index is 14.0. The van der Waals surface area contributed by atoms with Crippen LogP contribution in [0.3, 0.4) is 0 Å². The molecule has 4 N–H and O–H groups in total. The number of methoxy groups -OCH3 is 1. The van der Waals surface area contributed by atoms with E-state index in [9.17, 15) is 18.7 Å². The van der Waals surface area contributed by atoms with Crippen molar-refractivity contribution in [2.45, 2.75) is 25.0 Å². The highest BCUT2D eigenvalue weighted by Gasteiger charge is 2.35. The number of nitrogens with zero attached hydrogens (tertiary/aromatic N) is 3. The minimum absolute atomic E-state index is 0.181. The summed E-state index contributed by atoms with van der Waals surface area (Å²) in [5.74, 6) is -1.18. The minimum Gasteiger partial charge on any atom is -0.474 e. The Bertz CT molecular complexity index is 1240. The molecule has 0 saturated carbocycles. The van der Waals surface area contributed by atoms with Crippen LogP contribution in [0, 0.1) is 18.6 Å². The number of rotatable bonds is 11. The van der Waals surface area contributed by atoms with Crippen LogP contribution in [0.15, 0.2) is 48.5 Å². The van der Waals surface area contributed by atoms with E-state index in [-0.39, 0.29) is 18.4 Å². The molecule has 210 valence electrons. The Hall–Kier alpha value is -3.58. The highest BCUT2D eigenvalue weighted by Crippen LogP contribution is 2.31. The first-order chi connectivity index (χ1) is 18.8. The summed E-state index contributed by atoms with van der Waals surface area (Å²) in [5.41, 5.74) is 1.63. The Morgan fingerprint density at radius 3 is 2.56 bits per heavy atom. The second-order valence-corrected chi connectivity index (χ2v) is 9.44. The van der Waals surface area contributed by atoms with Crippen molar-refractivity contribution < 1.29 is 33.3 Å². The average Bonchev–Trinajstić information content (AvgIpc) is 3.46.